The molecule has 0 fully saturated rings. The number of benzene rings is 2. The Labute approximate surface area is 160 Å². The molecule has 0 aliphatic carbocycles. The lowest BCUT2D eigenvalue weighted by Gasteiger charge is -2.06. The predicted octanol–water partition coefficient (Wildman–Crippen LogP) is 4.85. The van der Waals surface area contributed by atoms with Crippen LogP contribution in [0.4, 0.5) is 5.69 Å². The first-order valence-corrected chi connectivity index (χ1v) is 9.11. The van der Waals surface area contributed by atoms with Gasteiger partial charge >= 0.3 is 5.97 Å². The second-order valence-electron chi connectivity index (χ2n) is 5.87. The second-order valence-corrected chi connectivity index (χ2v) is 5.87. The number of carbonyl (C=O) groups excluding carboxylic acids is 2. The Bertz CT molecular complexity index is 781. The fourth-order valence-corrected chi connectivity index (χ4v) is 2.31. The summed E-state index contributed by atoms with van der Waals surface area (Å²) in [4.78, 5) is 24.0. The van der Waals surface area contributed by atoms with E-state index in [1.54, 1.807) is 61.7 Å². The van der Waals surface area contributed by atoms with Gasteiger partial charge in [0.2, 0.25) is 0 Å². The van der Waals surface area contributed by atoms with Crippen molar-refractivity contribution in [3.05, 3.63) is 71.9 Å². The zero-order valence-corrected chi connectivity index (χ0v) is 15.7. The van der Waals surface area contributed by atoms with Gasteiger partial charge in [0.25, 0.3) is 0 Å². The van der Waals surface area contributed by atoms with E-state index in [1.165, 1.54) is 6.08 Å². The van der Waals surface area contributed by atoms with Crippen molar-refractivity contribution in [2.24, 2.45) is 0 Å². The highest BCUT2D eigenvalue weighted by atomic mass is 16.5. The highest BCUT2D eigenvalue weighted by molar-refractivity contribution is 6.04. The van der Waals surface area contributed by atoms with Crippen molar-refractivity contribution in [2.45, 2.75) is 26.7 Å². The number of ether oxygens (including phenoxy) is 2. The third-order valence-corrected chi connectivity index (χ3v) is 3.76. The smallest absolute Gasteiger partial charge is 0.338 e. The van der Waals surface area contributed by atoms with E-state index in [-0.39, 0.29) is 11.8 Å². The van der Waals surface area contributed by atoms with Gasteiger partial charge in [-0.1, -0.05) is 19.4 Å². The van der Waals surface area contributed by atoms with Crippen LogP contribution in [0.3, 0.4) is 0 Å². The highest BCUT2D eigenvalue weighted by Crippen LogP contribution is 2.14. The van der Waals surface area contributed by atoms with Crippen molar-refractivity contribution in [1.82, 2.24) is 0 Å². The largest absolute Gasteiger partial charge is 0.494 e. The van der Waals surface area contributed by atoms with E-state index >= 15 is 0 Å². The van der Waals surface area contributed by atoms with Gasteiger partial charge in [-0.3, -0.25) is 4.79 Å². The topological polar surface area (TPSA) is 64.6 Å². The van der Waals surface area contributed by atoms with Crippen molar-refractivity contribution in [3.63, 3.8) is 0 Å². The number of nitrogens with one attached hydrogen (secondary N) is 1. The summed E-state index contributed by atoms with van der Waals surface area (Å²) >= 11 is 0. The molecule has 5 nitrogen and oxygen atoms in total. The SMILES string of the molecule is CCCCOc1ccc(C(=O)/C=C/Nc2cccc(C(=O)OCC)c2)cc1. The Morgan fingerprint density at radius 1 is 1.04 bits per heavy atom. The first kappa shape index (κ1) is 20.2. The van der Waals surface area contributed by atoms with Crippen LogP contribution in [-0.2, 0) is 4.74 Å². The first-order valence-electron chi connectivity index (χ1n) is 9.11. The van der Waals surface area contributed by atoms with Gasteiger partial charge in [0.15, 0.2) is 5.78 Å². The maximum atomic E-state index is 12.2. The predicted molar refractivity (Wildman–Crippen MR) is 106 cm³/mol. The summed E-state index contributed by atoms with van der Waals surface area (Å²) < 4.78 is 10.6. The zero-order chi connectivity index (χ0) is 19.5. The molecule has 0 heterocycles. The van der Waals surface area contributed by atoms with Gasteiger partial charge in [-0.2, -0.15) is 0 Å². The van der Waals surface area contributed by atoms with Crippen LogP contribution in [0.1, 0.15) is 47.4 Å². The normalized spacial score (nSPS) is 10.6. The summed E-state index contributed by atoms with van der Waals surface area (Å²) in [5.74, 6) is 0.268. The van der Waals surface area contributed by atoms with Crippen LogP contribution < -0.4 is 10.1 Å². The van der Waals surface area contributed by atoms with Crippen LogP contribution in [0.15, 0.2) is 60.8 Å². The molecule has 142 valence electrons. The van der Waals surface area contributed by atoms with E-state index in [9.17, 15) is 9.59 Å². The molecule has 1 N–H and O–H groups in total. The van der Waals surface area contributed by atoms with Crippen LogP contribution in [0.2, 0.25) is 0 Å². The minimum absolute atomic E-state index is 0.121. The number of hydrogen-bond acceptors (Lipinski definition) is 5. The number of rotatable bonds is 10. The molecule has 0 aliphatic rings. The van der Waals surface area contributed by atoms with E-state index in [0.717, 1.165) is 18.6 Å². The van der Waals surface area contributed by atoms with Crippen molar-refractivity contribution in [1.29, 1.82) is 0 Å². The van der Waals surface area contributed by atoms with Gasteiger partial charge in [0.05, 0.1) is 18.8 Å². The minimum atomic E-state index is -0.373. The molecule has 0 aromatic heterocycles. The number of allylic oxidation sites excluding steroid dienone is 1. The van der Waals surface area contributed by atoms with Gasteiger partial charge in [0, 0.05) is 23.5 Å². The zero-order valence-electron chi connectivity index (χ0n) is 15.7. The molecule has 0 radical (unpaired) electrons. The van der Waals surface area contributed by atoms with E-state index in [1.807, 2.05) is 0 Å². The fourth-order valence-electron chi connectivity index (χ4n) is 2.31. The molecule has 0 bridgehead atoms. The van der Waals surface area contributed by atoms with Crippen molar-refractivity contribution in [3.8, 4) is 5.75 Å². The fraction of sp³-hybridized carbons (Fsp3) is 0.273. The summed E-state index contributed by atoms with van der Waals surface area (Å²) in [5.41, 5.74) is 1.74. The average molecular weight is 367 g/mol. The number of esters is 1. The van der Waals surface area contributed by atoms with Crippen molar-refractivity contribution >= 4 is 17.4 Å². The monoisotopic (exact) mass is 367 g/mol. The molecular formula is C22H25NO4. The summed E-state index contributed by atoms with van der Waals surface area (Å²) in [5, 5.41) is 2.99. The highest BCUT2D eigenvalue weighted by Gasteiger charge is 2.06. The lowest BCUT2D eigenvalue weighted by molar-refractivity contribution is 0.0526. The standard InChI is InChI=1S/C22H25NO4/c1-3-5-15-27-20-11-9-17(10-12-20)21(24)13-14-23-19-8-6-7-18(16-19)22(25)26-4-2/h6-14,16,23H,3-5,15H2,1-2H3/b14-13+. The van der Waals surface area contributed by atoms with Crippen LogP contribution in [0.25, 0.3) is 0 Å². The number of carbonyl (C=O) groups is 2. The number of ketones is 1. The molecule has 0 saturated heterocycles. The van der Waals surface area contributed by atoms with E-state index < -0.39 is 0 Å². The molecule has 0 spiro atoms. The van der Waals surface area contributed by atoms with Gasteiger partial charge in [0.1, 0.15) is 5.75 Å². The second kappa shape index (κ2) is 10.8. The van der Waals surface area contributed by atoms with Crippen LogP contribution in [0, 0.1) is 0 Å². The third-order valence-electron chi connectivity index (χ3n) is 3.76. The molecule has 5 heteroatoms. The third kappa shape index (κ3) is 6.62. The number of hydrogen-bond donors (Lipinski definition) is 1. The minimum Gasteiger partial charge on any atom is -0.494 e. The van der Waals surface area contributed by atoms with Gasteiger partial charge in [-0.15, -0.1) is 0 Å². The lowest BCUT2D eigenvalue weighted by Crippen LogP contribution is -2.04. The molecule has 0 saturated carbocycles. The summed E-state index contributed by atoms with van der Waals surface area (Å²) in [7, 11) is 0. The quantitative estimate of drug-likeness (QED) is 0.281. The van der Waals surface area contributed by atoms with Crippen LogP contribution >= 0.6 is 0 Å². The number of unbranched alkanes of at least 4 members (excludes halogenated alkanes) is 1. The molecule has 0 unspecified atom stereocenters. The van der Waals surface area contributed by atoms with Crippen molar-refractivity contribution < 1.29 is 19.1 Å². The maximum absolute atomic E-state index is 12.2. The summed E-state index contributed by atoms with van der Waals surface area (Å²) in [6, 6.07) is 14.0. The summed E-state index contributed by atoms with van der Waals surface area (Å²) in [6.07, 6.45) is 5.09. The molecule has 2 aromatic rings. The van der Waals surface area contributed by atoms with Crippen molar-refractivity contribution in [2.75, 3.05) is 18.5 Å². The molecule has 0 atom stereocenters. The van der Waals surface area contributed by atoms with E-state index in [2.05, 4.69) is 12.2 Å². The van der Waals surface area contributed by atoms with Crippen LogP contribution in [0.5, 0.6) is 5.75 Å². The lowest BCUT2D eigenvalue weighted by atomic mass is 10.1. The Balaban J connectivity index is 1.91. The molecule has 0 amide bonds. The summed E-state index contributed by atoms with van der Waals surface area (Å²) in [6.45, 7) is 4.88. The van der Waals surface area contributed by atoms with Gasteiger partial charge < -0.3 is 14.8 Å². The molecular weight excluding hydrogens is 342 g/mol. The Kier molecular flexibility index (Phi) is 8.10. The molecule has 2 aromatic carbocycles. The Morgan fingerprint density at radius 2 is 1.81 bits per heavy atom. The Hall–Kier alpha value is -3.08. The van der Waals surface area contributed by atoms with E-state index in [0.29, 0.717) is 30.0 Å². The molecule has 2 rings (SSSR count). The maximum Gasteiger partial charge on any atom is 0.338 e. The average Bonchev–Trinajstić information content (AvgIpc) is 2.69. The molecule has 0 aliphatic heterocycles. The van der Waals surface area contributed by atoms with Crippen LogP contribution in [-0.4, -0.2) is 25.0 Å². The van der Waals surface area contributed by atoms with Gasteiger partial charge in [-0.05, 0) is 55.8 Å². The Morgan fingerprint density at radius 3 is 2.52 bits per heavy atom. The van der Waals surface area contributed by atoms with E-state index in [4.69, 9.17) is 9.47 Å². The molecule has 27 heavy (non-hydrogen) atoms. The number of anilines is 1. The van der Waals surface area contributed by atoms with Gasteiger partial charge in [-0.25, -0.2) is 4.79 Å². The first-order chi connectivity index (χ1) is 13.1.